The molecule has 2 nitrogen and oxygen atoms in total. The zero-order chi connectivity index (χ0) is 9.80. The average molecular weight is 196 g/mol. The summed E-state index contributed by atoms with van der Waals surface area (Å²) in [5.74, 6) is 1.06. The highest BCUT2D eigenvalue weighted by molar-refractivity contribution is 4.82. The Morgan fingerprint density at radius 3 is 2.43 bits per heavy atom. The zero-order valence-corrected chi connectivity index (χ0v) is 9.47. The number of hydrogen-bond acceptors (Lipinski definition) is 2. The largest absolute Gasteiger partial charge is 0.314 e. The van der Waals surface area contributed by atoms with Crippen LogP contribution in [0.5, 0.6) is 0 Å². The molecule has 0 aromatic heterocycles. The summed E-state index contributed by atoms with van der Waals surface area (Å²) in [6.07, 6.45) is 6.99. The maximum atomic E-state index is 3.63. The highest BCUT2D eigenvalue weighted by atomic mass is 15.1. The van der Waals surface area contributed by atoms with Gasteiger partial charge in [0.15, 0.2) is 0 Å². The Morgan fingerprint density at radius 2 is 1.86 bits per heavy atom. The molecule has 0 spiro atoms. The summed E-state index contributed by atoms with van der Waals surface area (Å²) in [6, 6.07) is 0.811. The standard InChI is InChI=1S/C12H24N2/c1-2-7-13-12-5-8-14(9-6-12)10-11-3-4-11/h11-13H,2-10H2,1H3. The summed E-state index contributed by atoms with van der Waals surface area (Å²) in [7, 11) is 0. The molecule has 1 saturated carbocycles. The van der Waals surface area contributed by atoms with Crippen LogP contribution in [-0.4, -0.2) is 37.1 Å². The molecule has 1 saturated heterocycles. The Morgan fingerprint density at radius 1 is 1.14 bits per heavy atom. The van der Waals surface area contributed by atoms with Gasteiger partial charge in [0.1, 0.15) is 0 Å². The van der Waals surface area contributed by atoms with Crippen molar-refractivity contribution in [2.45, 2.75) is 45.1 Å². The first-order valence-corrected chi connectivity index (χ1v) is 6.34. The third-order valence-electron chi connectivity index (χ3n) is 3.48. The molecule has 1 aliphatic carbocycles. The van der Waals surface area contributed by atoms with E-state index in [0.29, 0.717) is 0 Å². The second kappa shape index (κ2) is 5.13. The third-order valence-corrected chi connectivity index (χ3v) is 3.48. The van der Waals surface area contributed by atoms with Gasteiger partial charge in [-0.2, -0.15) is 0 Å². The van der Waals surface area contributed by atoms with E-state index in [9.17, 15) is 0 Å². The lowest BCUT2D eigenvalue weighted by Crippen LogP contribution is -2.43. The van der Waals surface area contributed by atoms with Crippen LogP contribution in [0, 0.1) is 5.92 Å². The van der Waals surface area contributed by atoms with Crippen LogP contribution >= 0.6 is 0 Å². The molecule has 0 bridgehead atoms. The number of nitrogens with one attached hydrogen (secondary N) is 1. The maximum Gasteiger partial charge on any atom is 0.00914 e. The van der Waals surface area contributed by atoms with Crippen molar-refractivity contribution in [1.82, 2.24) is 10.2 Å². The van der Waals surface area contributed by atoms with Gasteiger partial charge in [0, 0.05) is 12.6 Å². The van der Waals surface area contributed by atoms with Crippen molar-refractivity contribution in [1.29, 1.82) is 0 Å². The molecule has 1 N–H and O–H groups in total. The molecule has 2 fully saturated rings. The number of piperidine rings is 1. The zero-order valence-electron chi connectivity index (χ0n) is 9.47. The summed E-state index contributed by atoms with van der Waals surface area (Å²) in [5, 5.41) is 3.63. The number of hydrogen-bond donors (Lipinski definition) is 1. The second-order valence-electron chi connectivity index (χ2n) is 4.97. The van der Waals surface area contributed by atoms with E-state index in [1.807, 2.05) is 0 Å². The summed E-state index contributed by atoms with van der Waals surface area (Å²) < 4.78 is 0. The van der Waals surface area contributed by atoms with E-state index in [1.54, 1.807) is 0 Å². The predicted octanol–water partition coefficient (Wildman–Crippen LogP) is 1.86. The average Bonchev–Trinajstić information content (AvgIpc) is 3.01. The van der Waals surface area contributed by atoms with Crippen LogP contribution in [0.1, 0.15) is 39.0 Å². The molecule has 0 aromatic carbocycles. The Hall–Kier alpha value is -0.0800. The van der Waals surface area contributed by atoms with Crippen molar-refractivity contribution in [2.75, 3.05) is 26.2 Å². The van der Waals surface area contributed by atoms with Crippen LogP contribution < -0.4 is 5.32 Å². The van der Waals surface area contributed by atoms with E-state index < -0.39 is 0 Å². The van der Waals surface area contributed by atoms with Crippen LogP contribution in [0.15, 0.2) is 0 Å². The molecule has 0 atom stereocenters. The monoisotopic (exact) mass is 196 g/mol. The van der Waals surface area contributed by atoms with E-state index in [-0.39, 0.29) is 0 Å². The number of rotatable bonds is 5. The molecule has 0 aromatic rings. The van der Waals surface area contributed by atoms with Crippen LogP contribution in [-0.2, 0) is 0 Å². The van der Waals surface area contributed by atoms with E-state index >= 15 is 0 Å². The van der Waals surface area contributed by atoms with Crippen LogP contribution in [0.3, 0.4) is 0 Å². The minimum absolute atomic E-state index is 0.811. The maximum absolute atomic E-state index is 3.63. The highest BCUT2D eigenvalue weighted by Crippen LogP contribution is 2.30. The fourth-order valence-electron chi connectivity index (χ4n) is 2.33. The van der Waals surface area contributed by atoms with Gasteiger partial charge in [-0.3, -0.25) is 0 Å². The van der Waals surface area contributed by atoms with Crippen molar-refractivity contribution in [3.8, 4) is 0 Å². The molecular formula is C12H24N2. The van der Waals surface area contributed by atoms with Crippen molar-refractivity contribution in [2.24, 2.45) is 5.92 Å². The molecule has 0 radical (unpaired) electrons. The third kappa shape index (κ3) is 3.25. The van der Waals surface area contributed by atoms with Gasteiger partial charge in [-0.05, 0) is 57.7 Å². The number of nitrogens with zero attached hydrogens (tertiary/aromatic N) is 1. The Kier molecular flexibility index (Phi) is 3.82. The summed E-state index contributed by atoms with van der Waals surface area (Å²) in [4.78, 5) is 2.67. The lowest BCUT2D eigenvalue weighted by atomic mass is 10.0. The van der Waals surface area contributed by atoms with Gasteiger partial charge in [-0.25, -0.2) is 0 Å². The molecule has 0 unspecified atom stereocenters. The molecule has 82 valence electrons. The van der Waals surface area contributed by atoms with E-state index in [4.69, 9.17) is 0 Å². The molecule has 2 aliphatic rings. The van der Waals surface area contributed by atoms with Gasteiger partial charge >= 0.3 is 0 Å². The summed E-state index contributed by atoms with van der Waals surface area (Å²) >= 11 is 0. The minimum Gasteiger partial charge on any atom is -0.314 e. The first-order chi connectivity index (χ1) is 6.88. The Labute approximate surface area is 88.1 Å². The van der Waals surface area contributed by atoms with Gasteiger partial charge in [0.2, 0.25) is 0 Å². The molecule has 2 rings (SSSR count). The molecule has 1 heterocycles. The fraction of sp³-hybridized carbons (Fsp3) is 1.00. The van der Waals surface area contributed by atoms with Gasteiger partial charge in [-0.15, -0.1) is 0 Å². The molecule has 2 heteroatoms. The normalized spacial score (nSPS) is 25.5. The molecular weight excluding hydrogens is 172 g/mol. The first-order valence-electron chi connectivity index (χ1n) is 6.34. The van der Waals surface area contributed by atoms with Crippen molar-refractivity contribution in [3.63, 3.8) is 0 Å². The molecule has 14 heavy (non-hydrogen) atoms. The van der Waals surface area contributed by atoms with Gasteiger partial charge < -0.3 is 10.2 Å². The van der Waals surface area contributed by atoms with Crippen molar-refractivity contribution in [3.05, 3.63) is 0 Å². The van der Waals surface area contributed by atoms with E-state index in [0.717, 1.165) is 12.0 Å². The minimum atomic E-state index is 0.811. The lowest BCUT2D eigenvalue weighted by molar-refractivity contribution is 0.191. The van der Waals surface area contributed by atoms with E-state index in [1.165, 1.54) is 58.3 Å². The quantitative estimate of drug-likeness (QED) is 0.722. The van der Waals surface area contributed by atoms with Crippen LogP contribution in [0.25, 0.3) is 0 Å². The summed E-state index contributed by atoms with van der Waals surface area (Å²) in [5.41, 5.74) is 0. The van der Waals surface area contributed by atoms with Gasteiger partial charge in [0.05, 0.1) is 0 Å². The predicted molar refractivity (Wildman–Crippen MR) is 60.5 cm³/mol. The molecule has 0 amide bonds. The van der Waals surface area contributed by atoms with Gasteiger partial charge in [-0.1, -0.05) is 6.92 Å². The first kappa shape index (κ1) is 10.4. The fourth-order valence-corrected chi connectivity index (χ4v) is 2.33. The topological polar surface area (TPSA) is 15.3 Å². The Balaban J connectivity index is 1.59. The Bertz CT molecular complexity index is 158. The smallest absolute Gasteiger partial charge is 0.00914 e. The van der Waals surface area contributed by atoms with Gasteiger partial charge in [0.25, 0.3) is 0 Å². The second-order valence-corrected chi connectivity index (χ2v) is 4.97. The number of likely N-dealkylation sites (tertiary alicyclic amines) is 1. The van der Waals surface area contributed by atoms with Crippen LogP contribution in [0.4, 0.5) is 0 Å². The molecule has 1 aliphatic heterocycles. The summed E-state index contributed by atoms with van der Waals surface area (Å²) in [6.45, 7) is 7.50. The lowest BCUT2D eigenvalue weighted by Gasteiger charge is -2.32. The van der Waals surface area contributed by atoms with E-state index in [2.05, 4.69) is 17.1 Å². The van der Waals surface area contributed by atoms with Crippen LogP contribution in [0.2, 0.25) is 0 Å². The SMILES string of the molecule is CCCNC1CCN(CC2CC2)CC1. The highest BCUT2D eigenvalue weighted by Gasteiger charge is 2.26. The van der Waals surface area contributed by atoms with Crippen molar-refractivity contribution < 1.29 is 0 Å². The van der Waals surface area contributed by atoms with Crippen molar-refractivity contribution >= 4 is 0 Å².